The number of carbonyl (C=O) groups is 1. The number of amides is 1. The van der Waals surface area contributed by atoms with Crippen LogP contribution in [0.15, 0.2) is 40.4 Å². The van der Waals surface area contributed by atoms with Gasteiger partial charge in [-0.3, -0.25) is 9.48 Å². The number of fused-ring (bicyclic) bond motifs is 1. The van der Waals surface area contributed by atoms with Crippen molar-refractivity contribution in [1.82, 2.24) is 9.78 Å². The molecule has 1 saturated carbocycles. The molecular formula is C20H24F3N6O2+. The molecule has 4 rings (SSSR count). The van der Waals surface area contributed by atoms with Crippen molar-refractivity contribution in [3.63, 3.8) is 0 Å². The summed E-state index contributed by atoms with van der Waals surface area (Å²) in [5.41, 5.74) is 0.0757. The number of ether oxygens (including phenoxy) is 1. The molecule has 1 atom stereocenters. The van der Waals surface area contributed by atoms with Crippen LogP contribution in [-0.4, -0.2) is 39.1 Å². The Hall–Kier alpha value is -2.98. The molecule has 3 aliphatic rings. The molecule has 1 N–H and O–H groups in total. The summed E-state index contributed by atoms with van der Waals surface area (Å²) in [6.07, 6.45) is 5.63. The number of allylic oxidation sites excluding steroid dienone is 1. The van der Waals surface area contributed by atoms with E-state index in [1.165, 1.54) is 28.0 Å². The van der Waals surface area contributed by atoms with E-state index in [0.717, 1.165) is 25.7 Å². The number of alkyl halides is 3. The Labute approximate surface area is 177 Å². The molecule has 1 aromatic heterocycles. The first-order chi connectivity index (χ1) is 14.7. The number of hydrogen-bond donors (Lipinski definition) is 1. The molecule has 11 heteroatoms. The number of hydrogen-bond acceptors (Lipinski definition) is 5. The first-order valence-electron chi connectivity index (χ1n) is 10.3. The van der Waals surface area contributed by atoms with Crippen LogP contribution in [0.1, 0.15) is 45.6 Å². The zero-order valence-electron chi connectivity index (χ0n) is 17.2. The number of nitrogens with one attached hydrogen (secondary N) is 1. The molecule has 31 heavy (non-hydrogen) atoms. The predicted molar refractivity (Wildman–Crippen MR) is 106 cm³/mol. The van der Waals surface area contributed by atoms with E-state index >= 15 is 0 Å². The molecule has 1 fully saturated rings. The van der Waals surface area contributed by atoms with Crippen LogP contribution in [-0.2, 0) is 4.79 Å². The van der Waals surface area contributed by atoms with Crippen molar-refractivity contribution in [2.45, 2.75) is 58.1 Å². The fourth-order valence-electron chi connectivity index (χ4n) is 4.16. The normalized spacial score (nSPS) is 25.3. The standard InChI is InChI=1S/C20H23F3N6O2/c1-12(2)13-4-6-14(7-5-13)29-11-16(19(27-29)31-20(21,22)23)26-18(30)15-10-25-28-9-3-8-24-17(15)28/h3,8-14,17H,4-7H2,1-2H3/p+1. The van der Waals surface area contributed by atoms with Gasteiger partial charge in [0.25, 0.3) is 11.8 Å². The number of aromatic nitrogens is 2. The van der Waals surface area contributed by atoms with Crippen molar-refractivity contribution in [1.29, 1.82) is 0 Å². The van der Waals surface area contributed by atoms with E-state index < -0.39 is 24.3 Å². The zero-order chi connectivity index (χ0) is 22.2. The van der Waals surface area contributed by atoms with Crippen molar-refractivity contribution in [3.05, 3.63) is 30.2 Å². The van der Waals surface area contributed by atoms with Crippen molar-refractivity contribution in [2.24, 2.45) is 21.9 Å². The lowest BCUT2D eigenvalue weighted by atomic mass is 9.80. The molecule has 1 amide bonds. The molecule has 8 nitrogen and oxygen atoms in total. The van der Waals surface area contributed by atoms with Gasteiger partial charge in [-0.2, -0.15) is 0 Å². The summed E-state index contributed by atoms with van der Waals surface area (Å²) < 4.78 is 45.8. The average Bonchev–Trinajstić information content (AvgIpc) is 3.31. The van der Waals surface area contributed by atoms with Gasteiger partial charge in [-0.25, -0.2) is 4.99 Å². The molecule has 0 bridgehead atoms. The van der Waals surface area contributed by atoms with Gasteiger partial charge in [0.1, 0.15) is 17.5 Å². The SMILES string of the molecule is CC(C)C1CCC(n2cc(NC(=O)C3=CN=[N+]4C=CC=NC34)c(OC(F)(F)F)n2)CC1. The summed E-state index contributed by atoms with van der Waals surface area (Å²) in [4.78, 5) is 16.9. The number of aliphatic imine (C=N–C) groups is 1. The quantitative estimate of drug-likeness (QED) is 0.694. The lowest BCUT2D eigenvalue weighted by Gasteiger charge is -2.30. The fourth-order valence-corrected chi connectivity index (χ4v) is 4.16. The van der Waals surface area contributed by atoms with E-state index in [0.29, 0.717) is 11.8 Å². The van der Waals surface area contributed by atoms with Crippen LogP contribution in [0.3, 0.4) is 0 Å². The number of rotatable bonds is 5. The summed E-state index contributed by atoms with van der Waals surface area (Å²) in [6, 6.07) is -0.0412. The zero-order valence-corrected chi connectivity index (χ0v) is 17.2. The highest BCUT2D eigenvalue weighted by atomic mass is 19.4. The number of anilines is 1. The highest BCUT2D eigenvalue weighted by molar-refractivity contribution is 6.05. The van der Waals surface area contributed by atoms with Gasteiger partial charge in [-0.15, -0.1) is 18.3 Å². The molecule has 1 unspecified atom stereocenters. The van der Waals surface area contributed by atoms with E-state index in [1.807, 2.05) is 0 Å². The van der Waals surface area contributed by atoms with Crippen molar-refractivity contribution < 1.29 is 27.4 Å². The van der Waals surface area contributed by atoms with E-state index in [1.54, 1.807) is 12.3 Å². The monoisotopic (exact) mass is 437 g/mol. The summed E-state index contributed by atoms with van der Waals surface area (Å²) >= 11 is 0. The maximum absolute atomic E-state index is 12.9. The van der Waals surface area contributed by atoms with Crippen LogP contribution in [0.5, 0.6) is 5.88 Å². The first-order valence-corrected chi connectivity index (χ1v) is 10.3. The van der Waals surface area contributed by atoms with Gasteiger partial charge in [-0.05, 0) is 42.6 Å². The Bertz CT molecular complexity index is 968. The van der Waals surface area contributed by atoms with E-state index in [4.69, 9.17) is 0 Å². The van der Waals surface area contributed by atoms with Crippen LogP contribution in [0.25, 0.3) is 0 Å². The van der Waals surface area contributed by atoms with E-state index in [2.05, 4.69) is 39.1 Å². The topological polar surface area (TPSA) is 83.9 Å². The maximum Gasteiger partial charge on any atom is 0.574 e. The van der Waals surface area contributed by atoms with Crippen molar-refractivity contribution in [3.8, 4) is 5.88 Å². The summed E-state index contributed by atoms with van der Waals surface area (Å²) in [7, 11) is 0. The maximum atomic E-state index is 12.9. The predicted octanol–water partition coefficient (Wildman–Crippen LogP) is 4.39. The van der Waals surface area contributed by atoms with E-state index in [-0.39, 0.29) is 17.3 Å². The lowest BCUT2D eigenvalue weighted by molar-refractivity contribution is -0.546. The second kappa shape index (κ2) is 8.27. The molecule has 2 aliphatic heterocycles. The highest BCUT2D eigenvalue weighted by Crippen LogP contribution is 2.38. The smallest absolute Gasteiger partial charge is 0.384 e. The Kier molecular flexibility index (Phi) is 5.67. The Morgan fingerprint density at radius 3 is 2.71 bits per heavy atom. The number of carbonyl (C=O) groups excluding carboxylic acids is 1. The third-order valence-electron chi connectivity index (χ3n) is 5.89. The van der Waals surface area contributed by atoms with Crippen LogP contribution < -0.4 is 10.1 Å². The molecule has 0 spiro atoms. The van der Waals surface area contributed by atoms with Gasteiger partial charge in [0.05, 0.1) is 12.2 Å². The average molecular weight is 437 g/mol. The summed E-state index contributed by atoms with van der Waals surface area (Å²) in [6.45, 7) is 4.36. The molecule has 1 aliphatic carbocycles. The Morgan fingerprint density at radius 1 is 1.29 bits per heavy atom. The Morgan fingerprint density at radius 2 is 2.03 bits per heavy atom. The number of halogens is 3. The van der Waals surface area contributed by atoms with Gasteiger partial charge in [0.2, 0.25) is 6.20 Å². The minimum atomic E-state index is -4.93. The molecule has 0 aromatic carbocycles. The molecule has 0 radical (unpaired) electrons. The van der Waals surface area contributed by atoms with Gasteiger partial charge < -0.3 is 10.1 Å². The summed E-state index contributed by atoms with van der Waals surface area (Å²) in [5.74, 6) is -0.118. The third kappa shape index (κ3) is 4.70. The number of nitrogens with zero attached hydrogens (tertiary/aromatic N) is 5. The molecular weight excluding hydrogens is 413 g/mol. The first kappa shape index (κ1) is 21.3. The third-order valence-corrected chi connectivity index (χ3v) is 5.89. The van der Waals surface area contributed by atoms with Crippen LogP contribution in [0.2, 0.25) is 0 Å². The van der Waals surface area contributed by atoms with Crippen LogP contribution in [0.4, 0.5) is 18.9 Å². The highest BCUT2D eigenvalue weighted by Gasteiger charge is 2.38. The van der Waals surface area contributed by atoms with Gasteiger partial charge >= 0.3 is 12.5 Å². The fraction of sp³-hybridized carbons (Fsp3) is 0.550. The van der Waals surface area contributed by atoms with Gasteiger partial charge in [-0.1, -0.05) is 18.5 Å². The molecule has 3 heterocycles. The molecule has 166 valence electrons. The minimum Gasteiger partial charge on any atom is -0.384 e. The van der Waals surface area contributed by atoms with Crippen molar-refractivity contribution in [2.75, 3.05) is 5.32 Å². The lowest BCUT2D eigenvalue weighted by Crippen LogP contribution is -2.27. The molecule has 0 saturated heterocycles. The largest absolute Gasteiger partial charge is 0.574 e. The molecule has 1 aromatic rings. The van der Waals surface area contributed by atoms with Gasteiger partial charge in [0.15, 0.2) is 0 Å². The second-order valence-corrected chi connectivity index (χ2v) is 8.24. The Balaban J connectivity index is 1.52. The van der Waals surface area contributed by atoms with Crippen molar-refractivity contribution >= 4 is 17.8 Å². The van der Waals surface area contributed by atoms with Gasteiger partial charge in [0, 0.05) is 12.3 Å². The van der Waals surface area contributed by atoms with E-state index in [9.17, 15) is 18.0 Å². The number of azo groups is 2. The summed E-state index contributed by atoms with van der Waals surface area (Å²) in [5, 5.41) is 10.6. The second-order valence-electron chi connectivity index (χ2n) is 8.24. The van der Waals surface area contributed by atoms with Crippen LogP contribution >= 0.6 is 0 Å². The van der Waals surface area contributed by atoms with Crippen LogP contribution in [0, 0.1) is 11.8 Å². The minimum absolute atomic E-state index is 0.0412.